The van der Waals surface area contributed by atoms with E-state index >= 15 is 0 Å². The molecule has 7 nitrogen and oxygen atoms in total. The van der Waals surface area contributed by atoms with Gasteiger partial charge in [0.05, 0.1) is 24.7 Å². The van der Waals surface area contributed by atoms with Crippen LogP contribution in [-0.2, 0) is 19.6 Å². The lowest BCUT2D eigenvalue weighted by Gasteiger charge is -2.32. The first kappa shape index (κ1) is 21.0. The molecule has 0 aliphatic carbocycles. The van der Waals surface area contributed by atoms with Crippen molar-refractivity contribution in [3.63, 3.8) is 0 Å². The smallest absolute Gasteiger partial charge is 0.245 e. The molecular formula is C22H27N3O4S. The second-order valence-corrected chi connectivity index (χ2v) is 9.58. The second-order valence-electron chi connectivity index (χ2n) is 7.69. The zero-order valence-corrected chi connectivity index (χ0v) is 17.9. The Kier molecular flexibility index (Phi) is 6.19. The van der Waals surface area contributed by atoms with Crippen LogP contribution in [0.25, 0.3) is 0 Å². The van der Waals surface area contributed by atoms with Gasteiger partial charge in [-0.2, -0.15) is 4.31 Å². The molecular weight excluding hydrogens is 402 g/mol. The van der Waals surface area contributed by atoms with Crippen LogP contribution in [0.2, 0.25) is 0 Å². The van der Waals surface area contributed by atoms with Crippen molar-refractivity contribution in [2.24, 2.45) is 0 Å². The van der Waals surface area contributed by atoms with Crippen molar-refractivity contribution in [3.8, 4) is 0 Å². The van der Waals surface area contributed by atoms with Crippen LogP contribution in [0, 0.1) is 6.92 Å². The van der Waals surface area contributed by atoms with Gasteiger partial charge < -0.3 is 9.64 Å². The number of benzene rings is 2. The molecule has 0 N–H and O–H groups in total. The Balaban J connectivity index is 1.64. The van der Waals surface area contributed by atoms with Gasteiger partial charge in [0.2, 0.25) is 15.9 Å². The van der Waals surface area contributed by atoms with Crippen molar-refractivity contribution in [2.45, 2.75) is 18.0 Å². The van der Waals surface area contributed by atoms with Gasteiger partial charge in [-0.3, -0.25) is 9.69 Å². The van der Waals surface area contributed by atoms with Crippen molar-refractivity contribution in [3.05, 3.63) is 65.7 Å². The number of hydrogen-bond acceptors (Lipinski definition) is 5. The van der Waals surface area contributed by atoms with Crippen LogP contribution >= 0.6 is 0 Å². The third-order valence-corrected chi connectivity index (χ3v) is 7.51. The Labute approximate surface area is 177 Å². The molecule has 160 valence electrons. The van der Waals surface area contributed by atoms with Gasteiger partial charge in [-0.05, 0) is 24.6 Å². The first-order valence-electron chi connectivity index (χ1n) is 10.2. The number of ether oxygens (including phenoxy) is 1. The first-order chi connectivity index (χ1) is 14.5. The summed E-state index contributed by atoms with van der Waals surface area (Å²) in [4.78, 5) is 17.2. The molecule has 2 aliphatic rings. The Bertz CT molecular complexity index is 973. The molecule has 30 heavy (non-hydrogen) atoms. The average Bonchev–Trinajstić information content (AvgIpc) is 3.22. The maximum Gasteiger partial charge on any atom is 0.245 e. The van der Waals surface area contributed by atoms with Crippen molar-refractivity contribution in [1.29, 1.82) is 0 Å². The number of sulfonamides is 1. The van der Waals surface area contributed by atoms with Gasteiger partial charge in [0.15, 0.2) is 0 Å². The van der Waals surface area contributed by atoms with Gasteiger partial charge in [0, 0.05) is 26.2 Å². The summed E-state index contributed by atoms with van der Waals surface area (Å²) in [6, 6.07) is 16.2. The van der Waals surface area contributed by atoms with Crippen molar-refractivity contribution >= 4 is 15.9 Å². The van der Waals surface area contributed by atoms with E-state index in [1.165, 1.54) is 4.31 Å². The van der Waals surface area contributed by atoms with Gasteiger partial charge in [-0.1, -0.05) is 48.0 Å². The minimum Gasteiger partial charge on any atom is -0.379 e. The van der Waals surface area contributed by atoms with E-state index in [-0.39, 0.29) is 23.9 Å². The number of morpholine rings is 1. The lowest BCUT2D eigenvalue weighted by atomic mass is 10.1. The minimum atomic E-state index is -3.75. The summed E-state index contributed by atoms with van der Waals surface area (Å²) < 4.78 is 33.7. The normalized spacial score (nSPS) is 21.1. The fraction of sp³-hybridized carbons (Fsp3) is 0.409. The summed E-state index contributed by atoms with van der Waals surface area (Å²) in [5, 5.41) is 0. The topological polar surface area (TPSA) is 70.2 Å². The standard InChI is InChI=1S/C22H27N3O4S/c1-18-7-9-20(10-8-18)30(27,28)25-12-11-24(22(25)19-5-3-2-4-6-19)21(26)17-23-13-15-29-16-14-23/h2-10,22H,11-17H2,1H3/t22-/m1/s1. The lowest BCUT2D eigenvalue weighted by molar-refractivity contribution is -0.135. The summed E-state index contributed by atoms with van der Waals surface area (Å²) in [5.41, 5.74) is 1.79. The number of carbonyl (C=O) groups excluding carboxylic acids is 1. The molecule has 0 bridgehead atoms. The van der Waals surface area contributed by atoms with Gasteiger partial charge in [-0.25, -0.2) is 8.42 Å². The molecule has 2 fully saturated rings. The van der Waals surface area contributed by atoms with Gasteiger partial charge in [0.25, 0.3) is 0 Å². The zero-order chi connectivity index (χ0) is 21.1. The molecule has 2 aromatic rings. The summed E-state index contributed by atoms with van der Waals surface area (Å²) in [5.74, 6) is -0.0626. The van der Waals surface area contributed by atoms with Crippen molar-refractivity contribution < 1.29 is 17.9 Å². The van der Waals surface area contributed by atoms with E-state index in [0.717, 1.165) is 11.1 Å². The van der Waals surface area contributed by atoms with Crippen LogP contribution in [0.4, 0.5) is 0 Å². The fourth-order valence-electron chi connectivity index (χ4n) is 3.98. The van der Waals surface area contributed by atoms with E-state index in [0.29, 0.717) is 32.8 Å². The number of carbonyl (C=O) groups is 1. The predicted molar refractivity (Wildman–Crippen MR) is 113 cm³/mol. The highest BCUT2D eigenvalue weighted by molar-refractivity contribution is 7.89. The monoisotopic (exact) mass is 429 g/mol. The zero-order valence-electron chi connectivity index (χ0n) is 17.1. The van der Waals surface area contributed by atoms with Crippen LogP contribution < -0.4 is 0 Å². The second kappa shape index (κ2) is 8.85. The van der Waals surface area contributed by atoms with Crippen LogP contribution in [0.1, 0.15) is 17.3 Å². The van der Waals surface area contributed by atoms with E-state index in [9.17, 15) is 13.2 Å². The molecule has 2 aliphatic heterocycles. The quantitative estimate of drug-likeness (QED) is 0.726. The minimum absolute atomic E-state index is 0.0626. The fourth-order valence-corrected chi connectivity index (χ4v) is 5.55. The number of amides is 1. The molecule has 2 saturated heterocycles. The third-order valence-electron chi connectivity index (χ3n) is 5.64. The first-order valence-corrected chi connectivity index (χ1v) is 11.6. The van der Waals surface area contributed by atoms with Gasteiger partial charge >= 0.3 is 0 Å². The Morgan fingerprint density at radius 1 is 0.967 bits per heavy atom. The molecule has 1 amide bonds. The molecule has 0 unspecified atom stereocenters. The molecule has 0 aromatic heterocycles. The molecule has 0 radical (unpaired) electrons. The summed E-state index contributed by atoms with van der Waals surface area (Å²) in [6.07, 6.45) is -0.647. The maximum atomic E-state index is 13.4. The van der Waals surface area contributed by atoms with Gasteiger partial charge in [-0.15, -0.1) is 0 Å². The summed E-state index contributed by atoms with van der Waals surface area (Å²) in [7, 11) is -3.75. The van der Waals surface area contributed by atoms with Crippen molar-refractivity contribution in [1.82, 2.24) is 14.1 Å². The highest BCUT2D eigenvalue weighted by atomic mass is 32.2. The Morgan fingerprint density at radius 2 is 1.63 bits per heavy atom. The Hall–Kier alpha value is -2.26. The number of aryl methyl sites for hydroxylation is 1. The lowest BCUT2D eigenvalue weighted by Crippen LogP contribution is -2.45. The highest BCUT2D eigenvalue weighted by Crippen LogP contribution is 2.35. The third kappa shape index (κ3) is 4.27. The number of hydrogen-bond donors (Lipinski definition) is 0. The molecule has 4 rings (SSSR count). The molecule has 2 aromatic carbocycles. The van der Waals surface area contributed by atoms with E-state index in [4.69, 9.17) is 4.74 Å². The van der Waals surface area contributed by atoms with E-state index in [1.54, 1.807) is 29.2 Å². The molecule has 1 atom stereocenters. The number of rotatable bonds is 5. The highest BCUT2D eigenvalue weighted by Gasteiger charge is 2.43. The largest absolute Gasteiger partial charge is 0.379 e. The van der Waals surface area contributed by atoms with Crippen molar-refractivity contribution in [2.75, 3.05) is 45.9 Å². The Morgan fingerprint density at radius 3 is 2.30 bits per heavy atom. The maximum absolute atomic E-state index is 13.4. The van der Waals surface area contributed by atoms with Gasteiger partial charge in [0.1, 0.15) is 6.17 Å². The summed E-state index contributed by atoms with van der Waals surface area (Å²) >= 11 is 0. The molecule has 2 heterocycles. The van der Waals surface area contributed by atoms with Crippen LogP contribution in [-0.4, -0.2) is 74.4 Å². The molecule has 8 heteroatoms. The van der Waals surface area contributed by atoms with Crippen LogP contribution in [0.5, 0.6) is 0 Å². The van der Waals surface area contributed by atoms with Crippen LogP contribution in [0.15, 0.2) is 59.5 Å². The number of nitrogens with zero attached hydrogens (tertiary/aromatic N) is 3. The van der Waals surface area contributed by atoms with E-state index in [2.05, 4.69) is 4.90 Å². The average molecular weight is 430 g/mol. The van der Waals surface area contributed by atoms with E-state index < -0.39 is 16.2 Å². The SMILES string of the molecule is Cc1ccc(S(=O)(=O)N2CCN(C(=O)CN3CCOCC3)[C@H]2c2ccccc2)cc1. The predicted octanol–water partition coefficient (Wildman–Crippen LogP) is 1.86. The van der Waals surface area contributed by atoms with E-state index in [1.807, 2.05) is 37.3 Å². The van der Waals surface area contributed by atoms with Crippen LogP contribution in [0.3, 0.4) is 0 Å². The molecule has 0 saturated carbocycles. The summed E-state index contributed by atoms with van der Waals surface area (Å²) in [6.45, 7) is 5.48. The molecule has 0 spiro atoms.